The van der Waals surface area contributed by atoms with Gasteiger partial charge in [0.15, 0.2) is 11.4 Å². The Balaban J connectivity index is 1.57. The van der Waals surface area contributed by atoms with Crippen molar-refractivity contribution >= 4 is 58.6 Å². The van der Waals surface area contributed by atoms with Crippen molar-refractivity contribution in [1.29, 1.82) is 0 Å². The molecule has 0 saturated carbocycles. The fraction of sp³-hybridized carbons (Fsp3) is 0. The normalized spacial score (nSPS) is 10.9. The summed E-state index contributed by atoms with van der Waals surface area (Å²) < 4.78 is 6.60. The largest absolute Gasteiger partial charge is 0.426 e. The summed E-state index contributed by atoms with van der Waals surface area (Å²) in [6.07, 6.45) is 3.20. The summed E-state index contributed by atoms with van der Waals surface area (Å²) in [4.78, 5) is 32.9. The average Bonchev–Trinajstić information content (AvgIpc) is 3.27. The molecule has 0 atom stereocenters. The molecule has 1 amide bonds. The molecule has 1 N–H and O–H groups in total. The SMILES string of the molecule is O=COc1c(C(=O)Nc2cc(-c3c(-c4cccc(Cl)c4)nc4cccnn34)ccn2)ccc(Cl)c1Cl. The van der Waals surface area contributed by atoms with Gasteiger partial charge >= 0.3 is 0 Å². The number of carbonyl (C=O) groups excluding carboxylic acids is 2. The number of imidazole rings is 1. The van der Waals surface area contributed by atoms with Gasteiger partial charge in [-0.25, -0.2) is 14.5 Å². The molecular formula is C25H14Cl3N5O3. The van der Waals surface area contributed by atoms with Crippen molar-refractivity contribution in [3.8, 4) is 28.3 Å². The molecule has 0 aliphatic rings. The molecule has 0 fully saturated rings. The second kappa shape index (κ2) is 9.94. The van der Waals surface area contributed by atoms with Crippen LogP contribution in [0.2, 0.25) is 15.1 Å². The quantitative estimate of drug-likeness (QED) is 0.258. The van der Waals surface area contributed by atoms with E-state index in [9.17, 15) is 9.59 Å². The van der Waals surface area contributed by atoms with Crippen LogP contribution in [0.1, 0.15) is 10.4 Å². The monoisotopic (exact) mass is 537 g/mol. The number of anilines is 1. The predicted molar refractivity (Wildman–Crippen MR) is 138 cm³/mol. The number of halogens is 3. The van der Waals surface area contributed by atoms with Gasteiger partial charge in [-0.3, -0.25) is 9.59 Å². The third kappa shape index (κ3) is 4.49. The molecule has 0 bridgehead atoms. The van der Waals surface area contributed by atoms with Gasteiger partial charge in [-0.2, -0.15) is 5.10 Å². The summed E-state index contributed by atoms with van der Waals surface area (Å²) in [6, 6.07) is 17.3. The Bertz CT molecular complexity index is 1640. The fourth-order valence-electron chi connectivity index (χ4n) is 3.69. The smallest absolute Gasteiger partial charge is 0.298 e. The summed E-state index contributed by atoms with van der Waals surface area (Å²) in [5, 5.41) is 7.81. The molecule has 0 aliphatic heterocycles. The lowest BCUT2D eigenvalue weighted by atomic mass is 10.1. The van der Waals surface area contributed by atoms with E-state index >= 15 is 0 Å². The Hall–Kier alpha value is -3.98. The lowest BCUT2D eigenvalue weighted by Crippen LogP contribution is -2.14. The topological polar surface area (TPSA) is 98.5 Å². The van der Waals surface area contributed by atoms with Crippen LogP contribution in [0.4, 0.5) is 5.82 Å². The molecule has 8 nitrogen and oxygen atoms in total. The zero-order valence-corrected chi connectivity index (χ0v) is 20.4. The second-order valence-electron chi connectivity index (χ2n) is 7.45. The Morgan fingerprint density at radius 2 is 1.83 bits per heavy atom. The summed E-state index contributed by atoms with van der Waals surface area (Å²) in [7, 11) is 0. The highest BCUT2D eigenvalue weighted by Crippen LogP contribution is 2.36. The third-order valence-electron chi connectivity index (χ3n) is 5.23. The van der Waals surface area contributed by atoms with Gasteiger partial charge in [0.1, 0.15) is 16.5 Å². The number of amides is 1. The molecule has 0 saturated heterocycles. The number of ether oxygens (including phenoxy) is 1. The van der Waals surface area contributed by atoms with Crippen LogP contribution in [0.3, 0.4) is 0 Å². The van der Waals surface area contributed by atoms with Crippen molar-refractivity contribution in [2.24, 2.45) is 0 Å². The Morgan fingerprint density at radius 3 is 2.64 bits per heavy atom. The van der Waals surface area contributed by atoms with E-state index in [2.05, 4.69) is 15.4 Å². The van der Waals surface area contributed by atoms with E-state index in [4.69, 9.17) is 44.5 Å². The highest BCUT2D eigenvalue weighted by atomic mass is 35.5. The number of carbonyl (C=O) groups is 2. The average molecular weight is 539 g/mol. The number of aromatic nitrogens is 4. The van der Waals surface area contributed by atoms with E-state index < -0.39 is 5.91 Å². The van der Waals surface area contributed by atoms with Crippen LogP contribution in [-0.2, 0) is 4.79 Å². The van der Waals surface area contributed by atoms with Gasteiger partial charge in [-0.1, -0.05) is 46.9 Å². The highest BCUT2D eigenvalue weighted by Gasteiger charge is 2.21. The molecule has 0 spiro atoms. The molecule has 178 valence electrons. The van der Waals surface area contributed by atoms with Gasteiger partial charge in [0.25, 0.3) is 12.4 Å². The van der Waals surface area contributed by atoms with E-state index in [-0.39, 0.29) is 33.6 Å². The summed E-state index contributed by atoms with van der Waals surface area (Å²) >= 11 is 18.3. The van der Waals surface area contributed by atoms with Crippen LogP contribution < -0.4 is 10.1 Å². The number of rotatable bonds is 6. The molecule has 5 aromatic rings. The van der Waals surface area contributed by atoms with Crippen molar-refractivity contribution in [3.63, 3.8) is 0 Å². The summed E-state index contributed by atoms with van der Waals surface area (Å²) in [5.74, 6) is -0.507. The van der Waals surface area contributed by atoms with Gasteiger partial charge in [0, 0.05) is 28.5 Å². The van der Waals surface area contributed by atoms with Crippen LogP contribution in [-0.4, -0.2) is 32.0 Å². The molecule has 0 unspecified atom stereocenters. The first-order chi connectivity index (χ1) is 17.5. The molecule has 3 aromatic heterocycles. The fourth-order valence-corrected chi connectivity index (χ4v) is 4.24. The van der Waals surface area contributed by atoms with E-state index in [0.29, 0.717) is 27.6 Å². The van der Waals surface area contributed by atoms with Gasteiger partial charge < -0.3 is 10.1 Å². The van der Waals surface area contributed by atoms with Crippen molar-refractivity contribution in [2.45, 2.75) is 0 Å². The molecule has 2 aromatic carbocycles. The molecule has 0 radical (unpaired) electrons. The minimum atomic E-state index is -0.596. The molecule has 36 heavy (non-hydrogen) atoms. The minimum Gasteiger partial charge on any atom is -0.426 e. The lowest BCUT2D eigenvalue weighted by molar-refractivity contribution is -0.120. The Kier molecular flexibility index (Phi) is 6.56. The van der Waals surface area contributed by atoms with E-state index in [1.807, 2.05) is 24.3 Å². The van der Waals surface area contributed by atoms with Crippen molar-refractivity contribution in [3.05, 3.63) is 93.7 Å². The Morgan fingerprint density at radius 1 is 0.972 bits per heavy atom. The maximum Gasteiger partial charge on any atom is 0.298 e. The number of nitrogens with zero attached hydrogens (tertiary/aromatic N) is 4. The van der Waals surface area contributed by atoms with Crippen molar-refractivity contribution in [1.82, 2.24) is 19.6 Å². The molecule has 11 heteroatoms. The minimum absolute atomic E-state index is 0.0137. The van der Waals surface area contributed by atoms with Crippen LogP contribution in [0, 0.1) is 0 Å². The molecule has 5 rings (SSSR count). The Labute approximate surface area is 219 Å². The van der Waals surface area contributed by atoms with Gasteiger partial charge in [-0.05, 0) is 48.5 Å². The first kappa shape index (κ1) is 23.7. The van der Waals surface area contributed by atoms with E-state index in [1.54, 1.807) is 41.2 Å². The van der Waals surface area contributed by atoms with Crippen molar-refractivity contribution in [2.75, 3.05) is 5.32 Å². The highest BCUT2D eigenvalue weighted by molar-refractivity contribution is 6.43. The van der Waals surface area contributed by atoms with Crippen LogP contribution in [0.15, 0.2) is 73.1 Å². The van der Waals surface area contributed by atoms with Gasteiger partial charge in [0.2, 0.25) is 0 Å². The molecule has 3 heterocycles. The number of fused-ring (bicyclic) bond motifs is 1. The first-order valence-corrected chi connectivity index (χ1v) is 11.6. The number of hydrogen-bond donors (Lipinski definition) is 1. The van der Waals surface area contributed by atoms with E-state index in [1.165, 1.54) is 12.1 Å². The van der Waals surface area contributed by atoms with E-state index in [0.717, 1.165) is 5.56 Å². The third-order valence-corrected chi connectivity index (χ3v) is 6.25. The van der Waals surface area contributed by atoms with Gasteiger partial charge in [0.05, 0.1) is 16.3 Å². The lowest BCUT2D eigenvalue weighted by Gasteiger charge is -2.11. The summed E-state index contributed by atoms with van der Waals surface area (Å²) in [6.45, 7) is 0.169. The second-order valence-corrected chi connectivity index (χ2v) is 8.67. The van der Waals surface area contributed by atoms with Crippen LogP contribution in [0.5, 0.6) is 5.75 Å². The zero-order valence-electron chi connectivity index (χ0n) is 18.2. The van der Waals surface area contributed by atoms with Crippen LogP contribution in [0.25, 0.3) is 28.2 Å². The summed E-state index contributed by atoms with van der Waals surface area (Å²) in [5.41, 5.74) is 3.49. The number of benzene rings is 2. The number of pyridine rings is 1. The maximum absolute atomic E-state index is 13.0. The molecule has 0 aliphatic carbocycles. The number of nitrogens with one attached hydrogen (secondary N) is 1. The first-order valence-electron chi connectivity index (χ1n) is 10.4. The number of hydrogen-bond acceptors (Lipinski definition) is 6. The van der Waals surface area contributed by atoms with Crippen molar-refractivity contribution < 1.29 is 14.3 Å². The predicted octanol–water partition coefficient (Wildman–Crippen LogP) is 6.21. The standard InChI is InChI=1S/C25H14Cl3N5O3/c26-16-4-1-3-14(11-16)22-23(33-20(32-22)5-2-9-30-33)15-8-10-29-19(12-15)31-25(35)17-6-7-18(27)21(28)24(17)36-13-34/h1-13H,(H,29,31,35). The van der Waals surface area contributed by atoms with Gasteiger partial charge in [-0.15, -0.1) is 0 Å². The molecular weight excluding hydrogens is 525 g/mol. The maximum atomic E-state index is 13.0. The van der Waals surface area contributed by atoms with Crippen LogP contribution >= 0.6 is 34.8 Å². The zero-order chi connectivity index (χ0) is 25.2.